The molecule has 0 atom stereocenters. The third kappa shape index (κ3) is 5.17. The Morgan fingerprint density at radius 2 is 2.12 bits per heavy atom. The molecular formula is C23H19N5O2S2. The summed E-state index contributed by atoms with van der Waals surface area (Å²) in [5.41, 5.74) is 4.45. The van der Waals surface area contributed by atoms with E-state index >= 15 is 0 Å². The van der Waals surface area contributed by atoms with Gasteiger partial charge in [-0.15, -0.1) is 11.3 Å². The van der Waals surface area contributed by atoms with E-state index in [1.165, 1.54) is 11.8 Å². The summed E-state index contributed by atoms with van der Waals surface area (Å²) < 4.78 is 5.27. The first-order valence-electron chi connectivity index (χ1n) is 9.65. The van der Waals surface area contributed by atoms with Crippen molar-refractivity contribution in [2.24, 2.45) is 0 Å². The lowest BCUT2D eigenvalue weighted by Crippen LogP contribution is -2.09. The Kier molecular flexibility index (Phi) is 6.84. The highest BCUT2D eigenvalue weighted by atomic mass is 32.2. The molecule has 2 aromatic carbocycles. The molecule has 0 spiro atoms. The summed E-state index contributed by atoms with van der Waals surface area (Å²) in [6.07, 6.45) is 1.85. The second-order valence-corrected chi connectivity index (χ2v) is 8.66. The molecule has 160 valence electrons. The van der Waals surface area contributed by atoms with Crippen LogP contribution in [0.2, 0.25) is 0 Å². The van der Waals surface area contributed by atoms with Gasteiger partial charge in [-0.25, -0.2) is 9.83 Å². The Morgan fingerprint density at radius 3 is 2.91 bits per heavy atom. The largest absolute Gasteiger partial charge is 0.497 e. The van der Waals surface area contributed by atoms with Crippen molar-refractivity contribution >= 4 is 34.5 Å². The van der Waals surface area contributed by atoms with Crippen molar-refractivity contribution in [2.45, 2.75) is 17.5 Å². The molecule has 0 aliphatic rings. The average molecular weight is 462 g/mol. The zero-order valence-corrected chi connectivity index (χ0v) is 18.8. The maximum absolute atomic E-state index is 12.5. The highest BCUT2D eigenvalue weighted by Gasteiger charge is 2.15. The topological polar surface area (TPSA) is 84.3 Å². The number of methoxy groups -OCH3 is 1. The highest BCUT2D eigenvalue weighted by Crippen LogP contribution is 2.30. The summed E-state index contributed by atoms with van der Waals surface area (Å²) in [7, 11) is 1.57. The smallest absolute Gasteiger partial charge is 0.276 e. The van der Waals surface area contributed by atoms with E-state index in [0.717, 1.165) is 22.7 Å². The third-order valence-corrected chi connectivity index (χ3v) is 6.30. The van der Waals surface area contributed by atoms with E-state index in [0.29, 0.717) is 27.9 Å². The number of anilines is 1. The summed E-state index contributed by atoms with van der Waals surface area (Å²) in [5, 5.41) is 3.86. The van der Waals surface area contributed by atoms with Gasteiger partial charge in [-0.3, -0.25) is 9.78 Å². The summed E-state index contributed by atoms with van der Waals surface area (Å²) in [6, 6.07) is 15.3. The van der Waals surface area contributed by atoms with Gasteiger partial charge >= 0.3 is 0 Å². The lowest BCUT2D eigenvalue weighted by molar-refractivity contribution is 0.415. The SMILES string of the molecule is [C-]#[N+]c1c(-c2cccc(OC)c2)nc(SCc2cccc(NCc3cncs3)c2)[nH]c1=O. The van der Waals surface area contributed by atoms with Gasteiger partial charge in [-0.1, -0.05) is 36.0 Å². The van der Waals surface area contributed by atoms with Crippen molar-refractivity contribution in [1.29, 1.82) is 0 Å². The summed E-state index contributed by atoms with van der Waals surface area (Å²) >= 11 is 3.03. The van der Waals surface area contributed by atoms with Crippen LogP contribution in [0.15, 0.2) is 70.2 Å². The molecule has 4 rings (SSSR count). The quantitative estimate of drug-likeness (QED) is 0.209. The number of benzene rings is 2. The molecular weight excluding hydrogens is 442 g/mol. The minimum Gasteiger partial charge on any atom is -0.497 e. The predicted octanol–water partition coefficient (Wildman–Crippen LogP) is 5.36. The number of aromatic nitrogens is 3. The van der Waals surface area contributed by atoms with Crippen molar-refractivity contribution in [3.8, 4) is 17.0 Å². The maximum Gasteiger partial charge on any atom is 0.276 e. The fraction of sp³-hybridized carbons (Fsp3) is 0.130. The van der Waals surface area contributed by atoms with Crippen LogP contribution < -0.4 is 15.6 Å². The van der Waals surface area contributed by atoms with Crippen LogP contribution in [0.5, 0.6) is 5.75 Å². The number of thiazole rings is 1. The number of thioether (sulfide) groups is 1. The van der Waals surface area contributed by atoms with E-state index in [1.807, 2.05) is 42.0 Å². The lowest BCUT2D eigenvalue weighted by Gasteiger charge is -2.09. The molecule has 0 aliphatic heterocycles. The molecule has 0 saturated heterocycles. The van der Waals surface area contributed by atoms with Crippen molar-refractivity contribution in [3.63, 3.8) is 0 Å². The molecule has 2 N–H and O–H groups in total. The summed E-state index contributed by atoms with van der Waals surface area (Å²) in [4.78, 5) is 28.5. The number of nitrogens with zero attached hydrogens (tertiary/aromatic N) is 3. The molecule has 9 heteroatoms. The van der Waals surface area contributed by atoms with Crippen LogP contribution in [-0.2, 0) is 12.3 Å². The Balaban J connectivity index is 1.52. The molecule has 2 aromatic heterocycles. The summed E-state index contributed by atoms with van der Waals surface area (Å²) in [5.74, 6) is 1.26. The van der Waals surface area contributed by atoms with Crippen LogP contribution >= 0.6 is 23.1 Å². The standard InChI is InChI=1S/C23H19N5O2S2/c1-24-21-20(16-6-4-8-18(10-16)30-2)27-23(28-22(21)29)31-13-15-5-3-7-17(9-15)26-12-19-11-25-14-32-19/h3-11,14,26H,12-13H2,2H3,(H,27,28,29). The Hall–Kier alpha value is -3.61. The normalized spacial score (nSPS) is 10.5. The number of aromatic amines is 1. The van der Waals surface area contributed by atoms with Crippen LogP contribution in [0.3, 0.4) is 0 Å². The maximum atomic E-state index is 12.5. The van der Waals surface area contributed by atoms with Crippen LogP contribution in [0.1, 0.15) is 10.4 Å². The van der Waals surface area contributed by atoms with Crippen LogP contribution in [0, 0.1) is 6.57 Å². The molecule has 0 saturated carbocycles. The predicted molar refractivity (Wildman–Crippen MR) is 129 cm³/mol. The van der Waals surface area contributed by atoms with E-state index in [1.54, 1.807) is 30.6 Å². The fourth-order valence-corrected chi connectivity index (χ4v) is 4.37. The molecule has 32 heavy (non-hydrogen) atoms. The van der Waals surface area contributed by atoms with E-state index < -0.39 is 5.56 Å². The zero-order chi connectivity index (χ0) is 22.3. The molecule has 7 nitrogen and oxygen atoms in total. The Bertz CT molecular complexity index is 1310. The lowest BCUT2D eigenvalue weighted by atomic mass is 10.1. The first-order valence-corrected chi connectivity index (χ1v) is 11.5. The van der Waals surface area contributed by atoms with Crippen LogP contribution in [0.4, 0.5) is 11.4 Å². The van der Waals surface area contributed by atoms with Gasteiger partial charge in [0.1, 0.15) is 5.75 Å². The first kappa shape index (κ1) is 21.6. The van der Waals surface area contributed by atoms with Crippen molar-refractivity contribution in [2.75, 3.05) is 12.4 Å². The minimum atomic E-state index is -0.449. The number of hydrogen-bond donors (Lipinski definition) is 2. The van der Waals surface area contributed by atoms with Crippen molar-refractivity contribution < 1.29 is 4.74 Å². The minimum absolute atomic E-state index is 0.0307. The van der Waals surface area contributed by atoms with Gasteiger partial charge in [0, 0.05) is 22.5 Å². The molecule has 0 aliphatic carbocycles. The van der Waals surface area contributed by atoms with E-state index in [9.17, 15) is 4.79 Å². The highest BCUT2D eigenvalue weighted by molar-refractivity contribution is 7.98. The molecule has 4 aromatic rings. The van der Waals surface area contributed by atoms with Gasteiger partial charge in [0.05, 0.1) is 31.4 Å². The third-order valence-electron chi connectivity index (χ3n) is 4.58. The molecule has 2 heterocycles. The van der Waals surface area contributed by atoms with Gasteiger partial charge < -0.3 is 15.0 Å². The Labute approximate surface area is 193 Å². The fourth-order valence-electron chi connectivity index (χ4n) is 3.03. The molecule has 0 bridgehead atoms. The van der Waals surface area contributed by atoms with Gasteiger partial charge in [0.25, 0.3) is 11.2 Å². The number of H-pyrrole nitrogens is 1. The van der Waals surface area contributed by atoms with E-state index in [2.05, 4.69) is 31.2 Å². The molecule has 0 radical (unpaired) electrons. The molecule has 0 fully saturated rings. The van der Waals surface area contributed by atoms with Crippen LogP contribution in [0.25, 0.3) is 16.1 Å². The number of hydrogen-bond acceptors (Lipinski definition) is 7. The number of nitrogens with one attached hydrogen (secondary N) is 2. The summed E-state index contributed by atoms with van der Waals surface area (Å²) in [6.45, 7) is 8.13. The van der Waals surface area contributed by atoms with Gasteiger partial charge in [-0.2, -0.15) is 0 Å². The molecule has 0 amide bonds. The Morgan fingerprint density at radius 1 is 1.25 bits per heavy atom. The van der Waals surface area contributed by atoms with E-state index in [-0.39, 0.29) is 5.69 Å². The van der Waals surface area contributed by atoms with Crippen LogP contribution in [-0.4, -0.2) is 22.1 Å². The second-order valence-electron chi connectivity index (χ2n) is 6.72. The molecule has 0 unspecified atom stereocenters. The van der Waals surface area contributed by atoms with E-state index in [4.69, 9.17) is 11.3 Å². The van der Waals surface area contributed by atoms with Crippen molar-refractivity contribution in [1.82, 2.24) is 15.0 Å². The second kappa shape index (κ2) is 10.1. The van der Waals surface area contributed by atoms with Gasteiger partial charge in [-0.05, 0) is 35.4 Å². The monoisotopic (exact) mass is 461 g/mol. The van der Waals surface area contributed by atoms with Gasteiger partial charge in [0.15, 0.2) is 5.16 Å². The number of ether oxygens (including phenoxy) is 1. The number of rotatable bonds is 8. The average Bonchev–Trinajstić information content (AvgIpc) is 3.35. The van der Waals surface area contributed by atoms with Gasteiger partial charge in [0.2, 0.25) is 0 Å². The first-order chi connectivity index (χ1) is 15.7. The zero-order valence-electron chi connectivity index (χ0n) is 17.2. The van der Waals surface area contributed by atoms with Crippen molar-refractivity contribution in [3.05, 3.63) is 92.4 Å².